The quantitative estimate of drug-likeness (QED) is 0.775. The highest BCUT2D eigenvalue weighted by atomic mass is 16.1. The summed E-state index contributed by atoms with van der Waals surface area (Å²) in [6, 6.07) is 2.63. The first kappa shape index (κ1) is 13.8. The van der Waals surface area contributed by atoms with Gasteiger partial charge in [-0.25, -0.2) is 0 Å². The van der Waals surface area contributed by atoms with Crippen LogP contribution in [-0.4, -0.2) is 15.6 Å². The molecule has 0 unspecified atom stereocenters. The minimum Gasteiger partial charge on any atom is -0.299 e. The van der Waals surface area contributed by atoms with Crippen LogP contribution in [0.4, 0.5) is 0 Å². The summed E-state index contributed by atoms with van der Waals surface area (Å²) < 4.78 is 2.10. The summed E-state index contributed by atoms with van der Waals surface area (Å²) in [7, 11) is 0. The van der Waals surface area contributed by atoms with Crippen molar-refractivity contribution < 1.29 is 4.79 Å². The van der Waals surface area contributed by atoms with Gasteiger partial charge in [-0.05, 0) is 31.7 Å². The number of hydrogen-bond acceptors (Lipinski definition) is 2. The third-order valence-corrected chi connectivity index (χ3v) is 5.03. The van der Waals surface area contributed by atoms with Crippen molar-refractivity contribution in [1.29, 1.82) is 0 Å². The van der Waals surface area contributed by atoms with Gasteiger partial charge in [-0.15, -0.1) is 0 Å². The van der Waals surface area contributed by atoms with Crippen LogP contribution in [0.5, 0.6) is 0 Å². The van der Waals surface area contributed by atoms with Gasteiger partial charge in [0.2, 0.25) is 0 Å². The molecule has 2 fully saturated rings. The highest BCUT2D eigenvalue weighted by molar-refractivity contribution is 5.82. The number of aromatic nitrogens is 2. The molecular weight excluding hydrogens is 248 g/mol. The topological polar surface area (TPSA) is 34.9 Å². The van der Waals surface area contributed by atoms with Gasteiger partial charge >= 0.3 is 0 Å². The lowest BCUT2D eigenvalue weighted by Gasteiger charge is -2.12. The number of hydrogen-bond donors (Lipinski definition) is 0. The van der Waals surface area contributed by atoms with E-state index in [9.17, 15) is 4.79 Å². The maximum atomic E-state index is 12.4. The first-order valence-corrected chi connectivity index (χ1v) is 8.39. The summed E-state index contributed by atoms with van der Waals surface area (Å²) in [5.41, 5.74) is 0.978. The molecule has 2 aliphatic carbocycles. The van der Waals surface area contributed by atoms with Crippen molar-refractivity contribution in [2.24, 2.45) is 5.92 Å². The van der Waals surface area contributed by atoms with E-state index in [0.717, 1.165) is 18.5 Å². The molecule has 1 heterocycles. The molecule has 0 bridgehead atoms. The molecule has 2 saturated carbocycles. The van der Waals surface area contributed by atoms with Gasteiger partial charge in [0.25, 0.3) is 0 Å². The van der Waals surface area contributed by atoms with E-state index < -0.39 is 0 Å². The highest BCUT2D eigenvalue weighted by Gasteiger charge is 2.22. The minimum atomic E-state index is 0.300. The van der Waals surface area contributed by atoms with Crippen LogP contribution in [0, 0.1) is 5.92 Å². The van der Waals surface area contributed by atoms with Crippen LogP contribution in [0.3, 0.4) is 0 Å². The third kappa shape index (κ3) is 3.31. The highest BCUT2D eigenvalue weighted by Crippen LogP contribution is 2.29. The van der Waals surface area contributed by atoms with E-state index in [1.807, 2.05) is 6.07 Å². The Labute approximate surface area is 121 Å². The Balaban J connectivity index is 1.57. The SMILES string of the molecule is O=C(Cc1ccn(C2CCCC2)n1)C1CCCCCC1. The van der Waals surface area contributed by atoms with E-state index in [4.69, 9.17) is 0 Å². The fourth-order valence-electron chi connectivity index (χ4n) is 3.77. The fraction of sp³-hybridized carbons (Fsp3) is 0.765. The van der Waals surface area contributed by atoms with Crippen LogP contribution in [-0.2, 0) is 11.2 Å². The third-order valence-electron chi connectivity index (χ3n) is 5.03. The summed E-state index contributed by atoms with van der Waals surface area (Å²) in [5.74, 6) is 0.720. The molecule has 110 valence electrons. The Hall–Kier alpha value is -1.12. The number of ketones is 1. The van der Waals surface area contributed by atoms with Crippen molar-refractivity contribution in [3.63, 3.8) is 0 Å². The molecule has 20 heavy (non-hydrogen) atoms. The van der Waals surface area contributed by atoms with E-state index in [-0.39, 0.29) is 0 Å². The lowest BCUT2D eigenvalue weighted by atomic mass is 9.93. The van der Waals surface area contributed by atoms with Crippen molar-refractivity contribution in [3.8, 4) is 0 Å². The summed E-state index contributed by atoms with van der Waals surface area (Å²) in [6.07, 6.45) is 15.0. The van der Waals surface area contributed by atoms with Gasteiger partial charge in [-0.3, -0.25) is 9.48 Å². The molecule has 0 aromatic carbocycles. The van der Waals surface area contributed by atoms with Crippen LogP contribution in [0.15, 0.2) is 12.3 Å². The molecule has 1 aromatic heterocycles. The van der Waals surface area contributed by atoms with E-state index in [1.54, 1.807) is 0 Å². The minimum absolute atomic E-state index is 0.300. The molecule has 0 radical (unpaired) electrons. The summed E-state index contributed by atoms with van der Waals surface area (Å²) in [5, 5.41) is 4.65. The van der Waals surface area contributed by atoms with Crippen molar-refractivity contribution in [3.05, 3.63) is 18.0 Å². The van der Waals surface area contributed by atoms with Crippen molar-refractivity contribution in [1.82, 2.24) is 9.78 Å². The maximum absolute atomic E-state index is 12.4. The Morgan fingerprint density at radius 3 is 2.40 bits per heavy atom. The van der Waals surface area contributed by atoms with Gasteiger partial charge in [-0.2, -0.15) is 5.10 Å². The van der Waals surface area contributed by atoms with Crippen molar-refractivity contribution in [2.75, 3.05) is 0 Å². The number of rotatable bonds is 4. The van der Waals surface area contributed by atoms with Crippen molar-refractivity contribution in [2.45, 2.75) is 76.7 Å². The van der Waals surface area contributed by atoms with E-state index in [2.05, 4.69) is 16.0 Å². The predicted molar refractivity (Wildman–Crippen MR) is 79.6 cm³/mol. The van der Waals surface area contributed by atoms with Crippen LogP contribution in [0.2, 0.25) is 0 Å². The molecule has 1 aromatic rings. The summed E-state index contributed by atoms with van der Waals surface area (Å²) >= 11 is 0. The molecule has 0 atom stereocenters. The second kappa shape index (κ2) is 6.55. The average Bonchev–Trinajstić information content (AvgIpc) is 3.05. The molecule has 0 spiro atoms. The number of carbonyl (C=O) groups excluding carboxylic acids is 1. The lowest BCUT2D eigenvalue weighted by Crippen LogP contribution is -2.17. The second-order valence-electron chi connectivity index (χ2n) is 6.56. The van der Waals surface area contributed by atoms with Gasteiger partial charge in [0, 0.05) is 12.1 Å². The molecular formula is C17H26N2O. The van der Waals surface area contributed by atoms with Crippen LogP contribution in [0.1, 0.15) is 75.9 Å². The van der Waals surface area contributed by atoms with E-state index in [1.165, 1.54) is 51.4 Å². The largest absolute Gasteiger partial charge is 0.299 e. The second-order valence-corrected chi connectivity index (χ2v) is 6.56. The van der Waals surface area contributed by atoms with E-state index >= 15 is 0 Å². The predicted octanol–water partition coefficient (Wildman–Crippen LogP) is 4.08. The van der Waals surface area contributed by atoms with Gasteiger partial charge in [0.1, 0.15) is 5.78 Å². The molecule has 0 N–H and O–H groups in total. The van der Waals surface area contributed by atoms with Gasteiger partial charge in [-0.1, -0.05) is 38.5 Å². The van der Waals surface area contributed by atoms with Crippen molar-refractivity contribution >= 4 is 5.78 Å². The zero-order valence-electron chi connectivity index (χ0n) is 12.4. The molecule has 0 amide bonds. The smallest absolute Gasteiger partial charge is 0.141 e. The van der Waals surface area contributed by atoms with E-state index in [0.29, 0.717) is 24.2 Å². The molecule has 0 aliphatic heterocycles. The molecule has 3 rings (SSSR count). The molecule has 3 heteroatoms. The Bertz CT molecular complexity index is 438. The molecule has 2 aliphatic rings. The van der Waals surface area contributed by atoms with Crippen LogP contribution < -0.4 is 0 Å². The van der Waals surface area contributed by atoms with Crippen LogP contribution in [0.25, 0.3) is 0 Å². The van der Waals surface area contributed by atoms with Crippen LogP contribution >= 0.6 is 0 Å². The first-order valence-electron chi connectivity index (χ1n) is 8.39. The number of nitrogens with zero attached hydrogens (tertiary/aromatic N) is 2. The molecule has 0 saturated heterocycles. The molecule has 3 nitrogen and oxygen atoms in total. The lowest BCUT2D eigenvalue weighted by molar-refractivity contribution is -0.122. The Kier molecular flexibility index (Phi) is 4.54. The Morgan fingerprint density at radius 1 is 1.05 bits per heavy atom. The van der Waals surface area contributed by atoms with Gasteiger partial charge in [0.05, 0.1) is 18.2 Å². The maximum Gasteiger partial charge on any atom is 0.141 e. The summed E-state index contributed by atoms with van der Waals surface area (Å²) in [6.45, 7) is 0. The normalized spacial score (nSPS) is 22.0. The summed E-state index contributed by atoms with van der Waals surface area (Å²) in [4.78, 5) is 12.4. The average molecular weight is 274 g/mol. The standard InChI is InChI=1S/C17H26N2O/c20-17(14-7-3-1-2-4-8-14)13-15-11-12-19(18-15)16-9-5-6-10-16/h11-12,14,16H,1-10,13H2. The monoisotopic (exact) mass is 274 g/mol. The van der Waals surface area contributed by atoms with Gasteiger partial charge in [0.15, 0.2) is 0 Å². The Morgan fingerprint density at radius 2 is 1.70 bits per heavy atom. The fourth-order valence-corrected chi connectivity index (χ4v) is 3.77. The first-order chi connectivity index (χ1) is 9.83. The zero-order chi connectivity index (χ0) is 13.8. The van der Waals surface area contributed by atoms with Gasteiger partial charge < -0.3 is 0 Å². The number of Topliss-reactive ketones (excluding diaryl/α,β-unsaturated/α-hetero) is 1. The zero-order valence-corrected chi connectivity index (χ0v) is 12.4. The number of carbonyl (C=O) groups is 1.